The largest absolute Gasteiger partial charge is 0.481 e. The Morgan fingerprint density at radius 1 is 1.38 bits per heavy atom. The van der Waals surface area contributed by atoms with Crippen LogP contribution >= 0.6 is 0 Å². The standard InChI is InChI=1S/C15H21NO4S/c1-3-8-21(19,20)14-7-5-4-6-13(14)16-9-12(10-16)11(2)15(17)18/h4-7,11-12H,3,8-10H2,1-2H3,(H,17,18). The Hall–Kier alpha value is -1.56. The van der Waals surface area contributed by atoms with Gasteiger partial charge in [0.2, 0.25) is 0 Å². The number of hydrogen-bond acceptors (Lipinski definition) is 4. The smallest absolute Gasteiger partial charge is 0.306 e. The maximum absolute atomic E-state index is 12.3. The second kappa shape index (κ2) is 6.05. The number of carbonyl (C=O) groups is 1. The van der Waals surface area contributed by atoms with Crippen molar-refractivity contribution in [2.75, 3.05) is 23.7 Å². The monoisotopic (exact) mass is 311 g/mol. The Labute approximate surface area is 125 Å². The van der Waals surface area contributed by atoms with Gasteiger partial charge in [-0.3, -0.25) is 4.79 Å². The lowest BCUT2D eigenvalue weighted by Gasteiger charge is -2.43. The minimum atomic E-state index is -3.27. The van der Waals surface area contributed by atoms with Crippen LogP contribution in [0.25, 0.3) is 0 Å². The van der Waals surface area contributed by atoms with E-state index in [9.17, 15) is 13.2 Å². The Balaban J connectivity index is 2.19. The highest BCUT2D eigenvalue weighted by Crippen LogP contribution is 2.34. The molecular formula is C15H21NO4S. The van der Waals surface area contributed by atoms with Crippen molar-refractivity contribution >= 4 is 21.5 Å². The molecule has 1 heterocycles. The molecule has 2 rings (SSSR count). The number of rotatable bonds is 6. The van der Waals surface area contributed by atoms with Crippen LogP contribution in [0.5, 0.6) is 0 Å². The number of benzene rings is 1. The normalized spacial score (nSPS) is 17.3. The number of nitrogens with zero attached hydrogens (tertiary/aromatic N) is 1. The van der Waals surface area contributed by atoms with Crippen LogP contribution in [0.15, 0.2) is 29.2 Å². The van der Waals surface area contributed by atoms with Gasteiger partial charge >= 0.3 is 5.97 Å². The van der Waals surface area contributed by atoms with Crippen molar-refractivity contribution in [1.29, 1.82) is 0 Å². The lowest BCUT2D eigenvalue weighted by Crippen LogP contribution is -2.51. The van der Waals surface area contributed by atoms with Gasteiger partial charge in [-0.15, -0.1) is 0 Å². The first kappa shape index (κ1) is 15.8. The van der Waals surface area contributed by atoms with Crippen molar-refractivity contribution in [1.82, 2.24) is 0 Å². The summed E-state index contributed by atoms with van der Waals surface area (Å²) in [6.07, 6.45) is 0.579. The average molecular weight is 311 g/mol. The minimum Gasteiger partial charge on any atom is -0.481 e. The fraction of sp³-hybridized carbons (Fsp3) is 0.533. The first-order valence-corrected chi connectivity index (χ1v) is 8.81. The van der Waals surface area contributed by atoms with E-state index in [1.54, 1.807) is 25.1 Å². The van der Waals surface area contributed by atoms with Gasteiger partial charge in [-0.1, -0.05) is 26.0 Å². The summed E-state index contributed by atoms with van der Waals surface area (Å²) in [5.41, 5.74) is 0.694. The van der Waals surface area contributed by atoms with Gasteiger partial charge in [-0.2, -0.15) is 0 Å². The molecule has 1 aromatic rings. The summed E-state index contributed by atoms with van der Waals surface area (Å²) in [6.45, 7) is 4.72. The molecule has 21 heavy (non-hydrogen) atoms. The van der Waals surface area contributed by atoms with Gasteiger partial charge in [-0.25, -0.2) is 8.42 Å². The van der Waals surface area contributed by atoms with Gasteiger partial charge in [0.15, 0.2) is 9.84 Å². The molecule has 0 aromatic heterocycles. The molecule has 0 spiro atoms. The predicted octanol–water partition coefficient (Wildman–Crippen LogP) is 2.03. The number of sulfone groups is 1. The lowest BCUT2D eigenvalue weighted by atomic mass is 9.87. The fourth-order valence-electron chi connectivity index (χ4n) is 2.59. The fourth-order valence-corrected chi connectivity index (χ4v) is 4.15. The SMILES string of the molecule is CCCS(=O)(=O)c1ccccc1N1CC(C(C)C(=O)O)C1. The summed E-state index contributed by atoms with van der Waals surface area (Å²) < 4.78 is 24.6. The zero-order valence-corrected chi connectivity index (χ0v) is 13.1. The third-order valence-corrected chi connectivity index (χ3v) is 5.98. The molecular weight excluding hydrogens is 290 g/mol. The Morgan fingerprint density at radius 3 is 2.57 bits per heavy atom. The Bertz CT molecular complexity index is 620. The van der Waals surface area contributed by atoms with Gasteiger partial charge in [-0.05, 0) is 18.6 Å². The van der Waals surface area contributed by atoms with Gasteiger partial charge in [0.1, 0.15) is 0 Å². The summed E-state index contributed by atoms with van der Waals surface area (Å²) in [4.78, 5) is 13.3. The van der Waals surface area contributed by atoms with Crippen LogP contribution in [0.4, 0.5) is 5.69 Å². The van der Waals surface area contributed by atoms with E-state index in [0.29, 0.717) is 30.1 Å². The van der Waals surface area contributed by atoms with E-state index in [4.69, 9.17) is 5.11 Å². The molecule has 1 atom stereocenters. The molecule has 0 bridgehead atoms. The van der Waals surface area contributed by atoms with E-state index >= 15 is 0 Å². The molecule has 1 aliphatic rings. The number of hydrogen-bond donors (Lipinski definition) is 1. The van der Waals surface area contributed by atoms with Crippen molar-refractivity contribution < 1.29 is 18.3 Å². The minimum absolute atomic E-state index is 0.0736. The van der Waals surface area contributed by atoms with E-state index in [-0.39, 0.29) is 11.7 Å². The third kappa shape index (κ3) is 3.20. The van der Waals surface area contributed by atoms with E-state index in [0.717, 1.165) is 0 Å². The topological polar surface area (TPSA) is 74.7 Å². The van der Waals surface area contributed by atoms with Gasteiger partial charge in [0, 0.05) is 19.0 Å². The molecule has 1 aliphatic heterocycles. The van der Waals surface area contributed by atoms with Gasteiger partial charge in [0.25, 0.3) is 0 Å². The molecule has 0 saturated carbocycles. The number of anilines is 1. The molecule has 1 saturated heterocycles. The third-order valence-electron chi connectivity index (χ3n) is 4.02. The van der Waals surface area contributed by atoms with Gasteiger partial charge in [0.05, 0.1) is 22.3 Å². The number of aliphatic carboxylic acids is 1. The molecule has 116 valence electrons. The number of para-hydroxylation sites is 1. The second-order valence-electron chi connectivity index (χ2n) is 5.58. The highest BCUT2D eigenvalue weighted by molar-refractivity contribution is 7.91. The molecule has 0 aliphatic carbocycles. The Morgan fingerprint density at radius 2 is 2.00 bits per heavy atom. The predicted molar refractivity (Wildman–Crippen MR) is 81.3 cm³/mol. The van der Waals surface area contributed by atoms with Crippen LogP contribution in [-0.4, -0.2) is 38.3 Å². The summed E-state index contributed by atoms with van der Waals surface area (Å²) in [5.74, 6) is -0.996. The summed E-state index contributed by atoms with van der Waals surface area (Å²) >= 11 is 0. The van der Waals surface area contributed by atoms with Crippen molar-refractivity contribution in [3.05, 3.63) is 24.3 Å². The van der Waals surface area contributed by atoms with Gasteiger partial charge < -0.3 is 10.0 Å². The summed E-state index contributed by atoms with van der Waals surface area (Å²) in [5, 5.41) is 9.01. The van der Waals surface area contributed by atoms with Crippen LogP contribution in [0.3, 0.4) is 0 Å². The van der Waals surface area contributed by atoms with E-state index < -0.39 is 21.7 Å². The molecule has 0 amide bonds. The van der Waals surface area contributed by atoms with Crippen molar-refractivity contribution in [2.45, 2.75) is 25.2 Å². The molecule has 1 aromatic carbocycles. The quantitative estimate of drug-likeness (QED) is 0.870. The Kier molecular flexibility index (Phi) is 4.56. The summed E-state index contributed by atoms with van der Waals surface area (Å²) in [6, 6.07) is 6.97. The number of carboxylic acids is 1. The molecule has 0 radical (unpaired) electrons. The van der Waals surface area contributed by atoms with Crippen LogP contribution in [0, 0.1) is 11.8 Å². The van der Waals surface area contributed by atoms with Crippen LogP contribution in [-0.2, 0) is 14.6 Å². The average Bonchev–Trinajstić information content (AvgIpc) is 2.37. The number of carboxylic acid groups (broad SMARTS) is 1. The van der Waals surface area contributed by atoms with E-state index in [2.05, 4.69) is 0 Å². The zero-order chi connectivity index (χ0) is 15.6. The van der Waals surface area contributed by atoms with Crippen molar-refractivity contribution in [2.24, 2.45) is 11.8 Å². The second-order valence-corrected chi connectivity index (χ2v) is 7.66. The van der Waals surface area contributed by atoms with Crippen molar-refractivity contribution in [3.63, 3.8) is 0 Å². The van der Waals surface area contributed by atoms with E-state index in [1.807, 2.05) is 17.9 Å². The first-order valence-electron chi connectivity index (χ1n) is 7.16. The lowest BCUT2D eigenvalue weighted by molar-refractivity contribution is -0.143. The van der Waals surface area contributed by atoms with Crippen molar-refractivity contribution in [3.8, 4) is 0 Å². The highest BCUT2D eigenvalue weighted by Gasteiger charge is 2.36. The molecule has 1 fully saturated rings. The molecule has 1 N–H and O–H groups in total. The van der Waals surface area contributed by atoms with E-state index in [1.165, 1.54) is 0 Å². The maximum atomic E-state index is 12.3. The zero-order valence-electron chi connectivity index (χ0n) is 12.3. The van der Waals surface area contributed by atoms with Crippen LogP contribution in [0.2, 0.25) is 0 Å². The van der Waals surface area contributed by atoms with Crippen LogP contribution < -0.4 is 4.90 Å². The highest BCUT2D eigenvalue weighted by atomic mass is 32.2. The van der Waals surface area contributed by atoms with Crippen LogP contribution in [0.1, 0.15) is 20.3 Å². The first-order chi connectivity index (χ1) is 9.86. The summed E-state index contributed by atoms with van der Waals surface area (Å²) in [7, 11) is -3.27. The maximum Gasteiger partial charge on any atom is 0.306 e. The molecule has 1 unspecified atom stereocenters. The molecule has 6 heteroatoms. The molecule has 5 nitrogen and oxygen atoms in total.